The van der Waals surface area contributed by atoms with Gasteiger partial charge in [-0.15, -0.1) is 9.82 Å². The second-order valence-electron chi connectivity index (χ2n) is 5.19. The van der Waals surface area contributed by atoms with E-state index in [2.05, 4.69) is 21.8 Å². The molecule has 0 saturated heterocycles. The largest absolute Gasteiger partial charge is 0.496 e. The topological polar surface area (TPSA) is 72.2 Å². The number of benzene rings is 1. The Labute approximate surface area is 134 Å². The Balaban J connectivity index is 2.25. The quantitative estimate of drug-likeness (QED) is 0.799. The molecule has 7 heteroatoms. The summed E-state index contributed by atoms with van der Waals surface area (Å²) >= 11 is -1.14. The Morgan fingerprint density at radius 2 is 2.05 bits per heavy atom. The molecule has 6 nitrogen and oxygen atoms in total. The number of hydrogen-bond donors (Lipinski definition) is 2. The average Bonchev–Trinajstić information content (AvgIpc) is 2.90. The molecule has 0 spiro atoms. The van der Waals surface area contributed by atoms with Gasteiger partial charge >= 0.3 is 11.4 Å². The van der Waals surface area contributed by atoms with E-state index in [1.165, 1.54) is 0 Å². The van der Waals surface area contributed by atoms with Crippen LogP contribution in [0.15, 0.2) is 17.2 Å². The van der Waals surface area contributed by atoms with Crippen molar-refractivity contribution in [3.05, 3.63) is 29.0 Å². The lowest BCUT2D eigenvalue weighted by Crippen LogP contribution is -2.17. The van der Waals surface area contributed by atoms with Crippen LogP contribution < -0.4 is 9.46 Å². The fourth-order valence-electron chi connectivity index (χ4n) is 2.33. The first-order chi connectivity index (χ1) is 10.5. The number of nitrogens with zero attached hydrogens (tertiary/aromatic N) is 3. The molecule has 1 heterocycles. The van der Waals surface area contributed by atoms with E-state index in [1.807, 2.05) is 26.8 Å². The number of methoxy groups -OCH3 is 1. The minimum Gasteiger partial charge on any atom is -0.496 e. The maximum absolute atomic E-state index is 10.6. The Bertz CT molecular complexity index is 657. The molecule has 0 amide bonds. The third kappa shape index (κ3) is 3.36. The van der Waals surface area contributed by atoms with Gasteiger partial charge in [0.1, 0.15) is 5.75 Å². The Kier molecular flexibility index (Phi) is 5.31. The molecule has 0 radical (unpaired) electrons. The highest BCUT2D eigenvalue weighted by Gasteiger charge is 2.29. The van der Waals surface area contributed by atoms with Crippen molar-refractivity contribution < 1.29 is 9.29 Å². The molecule has 0 aliphatic rings. The molecular formula is C15H23N4O2S+. The van der Waals surface area contributed by atoms with Gasteiger partial charge in [0, 0.05) is 11.1 Å². The van der Waals surface area contributed by atoms with Crippen LogP contribution in [0, 0.1) is 20.8 Å². The fourth-order valence-corrected chi connectivity index (χ4v) is 3.53. The Morgan fingerprint density at radius 3 is 2.68 bits per heavy atom. The second-order valence-corrected chi connectivity index (χ2v) is 6.37. The van der Waals surface area contributed by atoms with Crippen LogP contribution in [0.3, 0.4) is 0 Å². The van der Waals surface area contributed by atoms with Gasteiger partial charge < -0.3 is 4.74 Å². The molecule has 2 aromatic rings. The third-order valence-electron chi connectivity index (χ3n) is 3.55. The molecule has 22 heavy (non-hydrogen) atoms. The van der Waals surface area contributed by atoms with E-state index in [0.717, 1.165) is 40.3 Å². The van der Waals surface area contributed by atoms with Crippen LogP contribution in [0.2, 0.25) is 0 Å². The van der Waals surface area contributed by atoms with Gasteiger partial charge in [0.15, 0.2) is 0 Å². The lowest BCUT2D eigenvalue weighted by atomic mass is 10.1. The number of aryl methyl sites for hydroxylation is 2. The van der Waals surface area contributed by atoms with Gasteiger partial charge in [0.2, 0.25) is 10.7 Å². The van der Waals surface area contributed by atoms with Crippen molar-refractivity contribution in [3.8, 4) is 5.75 Å². The molecule has 2 rings (SSSR count). The van der Waals surface area contributed by atoms with E-state index in [4.69, 9.17) is 4.74 Å². The average molecular weight is 323 g/mol. The maximum atomic E-state index is 10.6. The van der Waals surface area contributed by atoms with Crippen LogP contribution in [-0.2, 0) is 17.9 Å². The van der Waals surface area contributed by atoms with E-state index in [0.29, 0.717) is 5.82 Å². The van der Waals surface area contributed by atoms with Crippen LogP contribution in [0.5, 0.6) is 5.75 Å². The van der Waals surface area contributed by atoms with Gasteiger partial charge in [0.05, 0.1) is 19.9 Å². The highest BCUT2D eigenvalue weighted by Crippen LogP contribution is 2.31. The summed E-state index contributed by atoms with van der Waals surface area (Å²) in [5.74, 6) is 1.41. The first kappa shape index (κ1) is 16.6. The predicted molar refractivity (Wildman–Crippen MR) is 89.4 cm³/mol. The van der Waals surface area contributed by atoms with Gasteiger partial charge in [-0.1, -0.05) is 6.92 Å². The Hall–Kier alpha value is -1.73. The van der Waals surface area contributed by atoms with Gasteiger partial charge in [-0.05, 0) is 38.8 Å². The van der Waals surface area contributed by atoms with Crippen molar-refractivity contribution in [3.63, 3.8) is 0 Å². The summed E-state index contributed by atoms with van der Waals surface area (Å²) in [5, 5.41) is 8.46. The second kappa shape index (κ2) is 7.02. The van der Waals surface area contributed by atoms with E-state index in [9.17, 15) is 4.55 Å². The number of nitrogens with one attached hydrogen (secondary N) is 1. The zero-order valence-electron chi connectivity index (χ0n) is 13.7. The van der Waals surface area contributed by atoms with E-state index < -0.39 is 11.4 Å². The smallest absolute Gasteiger partial charge is 0.305 e. The van der Waals surface area contributed by atoms with Crippen molar-refractivity contribution in [2.24, 2.45) is 0 Å². The molecular weight excluding hydrogens is 300 g/mol. The van der Waals surface area contributed by atoms with Gasteiger partial charge in [0.25, 0.3) is 0 Å². The predicted octanol–water partition coefficient (Wildman–Crippen LogP) is 3.10. The van der Waals surface area contributed by atoms with Crippen molar-refractivity contribution in [1.29, 1.82) is 0 Å². The van der Waals surface area contributed by atoms with Gasteiger partial charge in [-0.3, -0.25) is 0 Å². The van der Waals surface area contributed by atoms with Gasteiger partial charge in [-0.25, -0.2) is 0 Å². The summed E-state index contributed by atoms with van der Waals surface area (Å²) in [6.07, 6.45) is 2.60. The molecule has 0 fully saturated rings. The molecule has 0 bridgehead atoms. The van der Waals surface area contributed by atoms with Crippen LogP contribution in [0.1, 0.15) is 30.0 Å². The summed E-state index contributed by atoms with van der Waals surface area (Å²) in [6.45, 7) is 8.79. The van der Waals surface area contributed by atoms with E-state index in [-0.39, 0.29) is 0 Å². The molecule has 1 unspecified atom stereocenters. The summed E-state index contributed by atoms with van der Waals surface area (Å²) in [5.41, 5.74) is 3.04. The molecule has 120 valence electrons. The molecule has 1 aromatic heterocycles. The van der Waals surface area contributed by atoms with E-state index in [1.54, 1.807) is 18.1 Å². The minimum atomic E-state index is -1.14. The summed E-state index contributed by atoms with van der Waals surface area (Å²) in [4.78, 5) is 2.50. The molecule has 1 aromatic carbocycles. The van der Waals surface area contributed by atoms with Crippen molar-refractivity contribution in [2.75, 3.05) is 11.8 Å². The number of hydrogen-bond acceptors (Lipinski definition) is 5. The van der Waals surface area contributed by atoms with Crippen molar-refractivity contribution in [1.82, 2.24) is 15.0 Å². The standard InChI is InChI=1S/C15H23N4O2S/c1-6-7-19-16-9-14(17-19)18-22(20)15-10(2)8-13(21-5)11(3)12(15)4/h8-9,20H,6-7H2,1-5H3,(H,17,18)/q+1. The van der Waals surface area contributed by atoms with Crippen LogP contribution in [-0.4, -0.2) is 26.7 Å². The summed E-state index contributed by atoms with van der Waals surface area (Å²) in [7, 11) is 1.66. The zero-order valence-corrected chi connectivity index (χ0v) is 14.5. The van der Waals surface area contributed by atoms with Crippen molar-refractivity contribution in [2.45, 2.75) is 45.6 Å². The number of anilines is 1. The van der Waals surface area contributed by atoms with Crippen LogP contribution >= 0.6 is 0 Å². The number of rotatable bonds is 6. The Morgan fingerprint density at radius 1 is 1.32 bits per heavy atom. The third-order valence-corrected chi connectivity index (χ3v) is 4.97. The minimum absolute atomic E-state index is 0.576. The molecule has 0 aliphatic carbocycles. The molecule has 0 aliphatic heterocycles. The highest BCUT2D eigenvalue weighted by atomic mass is 32.2. The first-order valence-electron chi connectivity index (χ1n) is 7.22. The first-order valence-corrected chi connectivity index (χ1v) is 8.41. The zero-order chi connectivity index (χ0) is 16.3. The molecule has 0 saturated carbocycles. The fraction of sp³-hybridized carbons (Fsp3) is 0.467. The monoisotopic (exact) mass is 323 g/mol. The lowest BCUT2D eigenvalue weighted by Gasteiger charge is -2.12. The van der Waals surface area contributed by atoms with Crippen LogP contribution in [0.4, 0.5) is 5.82 Å². The normalized spacial score (nSPS) is 12.3. The lowest BCUT2D eigenvalue weighted by molar-refractivity contribution is 0.410. The number of aromatic nitrogens is 3. The SMILES string of the molecule is CCCn1ncc(N[S+](O)c2c(C)cc(OC)c(C)c2C)n1. The van der Waals surface area contributed by atoms with Crippen LogP contribution in [0.25, 0.3) is 0 Å². The molecule has 2 N–H and O–H groups in total. The van der Waals surface area contributed by atoms with Gasteiger partial charge in [-0.2, -0.15) is 14.4 Å². The highest BCUT2D eigenvalue weighted by molar-refractivity contribution is 7.92. The van der Waals surface area contributed by atoms with E-state index >= 15 is 0 Å². The number of ether oxygens (including phenoxy) is 1. The van der Waals surface area contributed by atoms with Crippen molar-refractivity contribution >= 4 is 17.2 Å². The summed E-state index contributed by atoms with van der Waals surface area (Å²) < 4.78 is 19.0. The molecule has 1 atom stereocenters. The summed E-state index contributed by atoms with van der Waals surface area (Å²) in [6, 6.07) is 1.95. The maximum Gasteiger partial charge on any atom is 0.305 e.